The van der Waals surface area contributed by atoms with Crippen LogP contribution < -0.4 is 5.32 Å². The number of fused-ring (bicyclic) bond motifs is 8. The molecule has 12 rings (SSSR count). The molecule has 21 heteroatoms. The van der Waals surface area contributed by atoms with Gasteiger partial charge in [0.25, 0.3) is 35.4 Å². The molecule has 7 aliphatic carbocycles. The normalized spacial score (nSPS) is 35.0. The van der Waals surface area contributed by atoms with E-state index in [-0.39, 0.29) is 99.6 Å². The van der Waals surface area contributed by atoms with Crippen LogP contribution in [-0.4, -0.2) is 133 Å². The number of carbonyl (C=O) groups excluding carboxylic acids is 11. The minimum absolute atomic E-state index is 0.00954. The molecule has 0 aromatic carbocycles. The Morgan fingerprint density at radius 3 is 1.37 bits per heavy atom. The Morgan fingerprint density at radius 1 is 0.456 bits per heavy atom. The van der Waals surface area contributed by atoms with Gasteiger partial charge in [0.15, 0.2) is 0 Å². The number of urea groups is 1. The zero-order chi connectivity index (χ0) is 55.7. The van der Waals surface area contributed by atoms with Crippen molar-refractivity contribution in [1.82, 2.24) is 30.3 Å². The van der Waals surface area contributed by atoms with Crippen LogP contribution in [0.1, 0.15) is 161 Å². The fourth-order valence-electron chi connectivity index (χ4n) is 14.3. The Balaban J connectivity index is 0.000000129. The maximum Gasteiger partial charge on any atom is 0.352 e. The van der Waals surface area contributed by atoms with Crippen molar-refractivity contribution in [2.24, 2.45) is 47.3 Å². The van der Waals surface area contributed by atoms with Gasteiger partial charge in [-0.05, 0) is 158 Å². The van der Waals surface area contributed by atoms with Crippen LogP contribution in [0.2, 0.25) is 0 Å². The molecule has 3 saturated carbocycles. The fraction of sp³-hybridized carbons (Fsp3) is 0.672. The van der Waals surface area contributed by atoms with E-state index in [1.807, 2.05) is 0 Å². The van der Waals surface area contributed by atoms with Gasteiger partial charge in [-0.1, -0.05) is 48.6 Å². The highest BCUT2D eigenvalue weighted by Crippen LogP contribution is 2.56. The van der Waals surface area contributed by atoms with Gasteiger partial charge < -0.3 is 34.7 Å². The number of hydrogen-bond donors (Lipinski definition) is 2. The number of nitrogens with zero attached hydrogens (tertiary/aromatic N) is 5. The molecule has 428 valence electrons. The molecular weight excluding hydrogens is 1020 g/mol. The monoisotopic (exact) mass is 1100 g/mol. The highest BCUT2D eigenvalue weighted by atomic mass is 16.7. The lowest BCUT2D eigenvalue weighted by Crippen LogP contribution is -2.62. The highest BCUT2D eigenvalue weighted by molar-refractivity contribution is 6.03. The van der Waals surface area contributed by atoms with Crippen molar-refractivity contribution in [2.75, 3.05) is 13.1 Å². The molecule has 0 aromatic rings. The van der Waals surface area contributed by atoms with Gasteiger partial charge in [-0.25, -0.2) is 19.2 Å². The largest absolute Gasteiger partial charge is 0.393 e. The topological polar surface area (TPSA) is 264 Å². The zero-order valence-corrected chi connectivity index (χ0v) is 45.0. The summed E-state index contributed by atoms with van der Waals surface area (Å²) in [6, 6.07) is -0.326. The van der Waals surface area contributed by atoms with Gasteiger partial charge in [0.2, 0.25) is 5.91 Å². The van der Waals surface area contributed by atoms with Crippen LogP contribution >= 0.6 is 0 Å². The van der Waals surface area contributed by atoms with Crippen molar-refractivity contribution in [1.29, 1.82) is 0 Å². The minimum atomic E-state index is -0.776. The number of amides is 9. The van der Waals surface area contributed by atoms with Crippen LogP contribution in [0.5, 0.6) is 0 Å². The number of aliphatic hydroxyl groups excluding tert-OH is 1. The van der Waals surface area contributed by atoms with Crippen molar-refractivity contribution in [3.05, 3.63) is 48.6 Å². The molecule has 21 nitrogen and oxygen atoms in total. The van der Waals surface area contributed by atoms with E-state index in [0.29, 0.717) is 38.9 Å². The Bertz CT molecular complexity index is 2440. The van der Waals surface area contributed by atoms with Crippen LogP contribution in [0.3, 0.4) is 0 Å². The molecule has 0 radical (unpaired) electrons. The Kier molecular flexibility index (Phi) is 18.9. The summed E-state index contributed by atoms with van der Waals surface area (Å²) in [5, 5.41) is 14.7. The number of rotatable bonds is 8. The average Bonchev–Trinajstić information content (AvgIpc) is 4.42. The van der Waals surface area contributed by atoms with Gasteiger partial charge in [0, 0.05) is 44.6 Å². The molecule has 0 spiro atoms. The van der Waals surface area contributed by atoms with Crippen LogP contribution in [0.25, 0.3) is 0 Å². The van der Waals surface area contributed by atoms with E-state index in [2.05, 4.69) is 53.9 Å². The van der Waals surface area contributed by atoms with Gasteiger partial charge in [0.1, 0.15) is 13.1 Å². The molecular formula is C58H76N6O15. The van der Waals surface area contributed by atoms with E-state index in [0.717, 1.165) is 95.3 Å². The molecule has 2 bridgehead atoms. The summed E-state index contributed by atoms with van der Waals surface area (Å²) in [6.45, 7) is -0.478. The maximum atomic E-state index is 12.1. The van der Waals surface area contributed by atoms with Crippen molar-refractivity contribution in [2.45, 2.75) is 185 Å². The number of nitrogens with one attached hydrogen (secondary N) is 1. The van der Waals surface area contributed by atoms with E-state index in [1.165, 1.54) is 48.3 Å². The van der Waals surface area contributed by atoms with Gasteiger partial charge in [-0.15, -0.1) is 15.2 Å². The summed E-state index contributed by atoms with van der Waals surface area (Å²) < 4.78 is 0. The first-order valence-corrected chi connectivity index (χ1v) is 29.0. The van der Waals surface area contributed by atoms with E-state index in [4.69, 9.17) is 14.5 Å². The third-order valence-electron chi connectivity index (χ3n) is 18.3. The summed E-state index contributed by atoms with van der Waals surface area (Å²) >= 11 is 0. The molecule has 11 atom stereocenters. The number of likely N-dealkylation sites (tertiary alicyclic amines) is 1. The summed E-state index contributed by atoms with van der Waals surface area (Å²) in [6.07, 6.45) is 37.4. The lowest BCUT2D eigenvalue weighted by atomic mass is 9.61. The summed E-state index contributed by atoms with van der Waals surface area (Å²) in [4.78, 5) is 147. The van der Waals surface area contributed by atoms with Crippen molar-refractivity contribution in [3.8, 4) is 0 Å². The van der Waals surface area contributed by atoms with Gasteiger partial charge in [-0.2, -0.15) is 0 Å². The van der Waals surface area contributed by atoms with Crippen molar-refractivity contribution in [3.63, 3.8) is 0 Å². The molecule has 11 unspecified atom stereocenters. The number of carbonyl (C=O) groups is 11. The Labute approximate surface area is 460 Å². The second kappa shape index (κ2) is 26.2. The van der Waals surface area contributed by atoms with Gasteiger partial charge >= 0.3 is 23.9 Å². The minimum Gasteiger partial charge on any atom is -0.393 e. The number of aliphatic hydroxyl groups is 1. The molecule has 8 fully saturated rings. The van der Waals surface area contributed by atoms with Gasteiger partial charge in [0.05, 0.1) is 30.0 Å². The van der Waals surface area contributed by atoms with Crippen LogP contribution in [0.4, 0.5) is 4.79 Å². The van der Waals surface area contributed by atoms with E-state index < -0.39 is 53.4 Å². The Morgan fingerprint density at radius 2 is 0.861 bits per heavy atom. The SMILES string of the molecule is O=C(CN1C(=O)C2CC/C=C/CCC21)ON1C(=O)CCC1=O.O=C(CN1C(=O)NC2CC/C=C/CCC21)ON1C(=O)CCC1=O.O=C(ON1C(=O)CCC1=O)C1CC2CC/C=C/CCC21.OC1C2CCC1C1CC/C=C/CCC21. The molecule has 5 aliphatic heterocycles. The molecule has 0 aromatic heterocycles. The van der Waals surface area contributed by atoms with Crippen LogP contribution in [0.15, 0.2) is 48.6 Å². The highest BCUT2D eigenvalue weighted by Gasteiger charge is 2.53. The van der Waals surface area contributed by atoms with E-state index in [1.54, 1.807) is 0 Å². The summed E-state index contributed by atoms with van der Waals surface area (Å²) in [5.41, 5.74) is 0. The van der Waals surface area contributed by atoms with Crippen molar-refractivity contribution < 1.29 is 72.4 Å². The number of hydrogen-bond acceptors (Lipinski definition) is 15. The molecule has 12 aliphatic rings. The Hall–Kier alpha value is -6.51. The molecule has 5 saturated heterocycles. The van der Waals surface area contributed by atoms with E-state index >= 15 is 0 Å². The third kappa shape index (κ3) is 13.2. The molecule has 5 heterocycles. The lowest BCUT2D eigenvalue weighted by molar-refractivity contribution is -0.206. The average molecular weight is 1100 g/mol. The quantitative estimate of drug-likeness (QED) is 0.166. The van der Waals surface area contributed by atoms with Crippen LogP contribution in [-0.2, 0) is 62.5 Å². The summed E-state index contributed by atoms with van der Waals surface area (Å²) in [7, 11) is 0. The summed E-state index contributed by atoms with van der Waals surface area (Å²) in [5.74, 6) is -1.04. The predicted octanol–water partition coefficient (Wildman–Crippen LogP) is 5.76. The third-order valence-corrected chi connectivity index (χ3v) is 18.3. The van der Waals surface area contributed by atoms with Crippen LogP contribution in [0, 0.1) is 47.3 Å². The number of hydroxylamine groups is 6. The fourth-order valence-corrected chi connectivity index (χ4v) is 14.3. The zero-order valence-electron chi connectivity index (χ0n) is 45.0. The van der Waals surface area contributed by atoms with E-state index in [9.17, 15) is 57.8 Å². The van der Waals surface area contributed by atoms with Crippen molar-refractivity contribution >= 4 is 65.3 Å². The molecule has 79 heavy (non-hydrogen) atoms. The number of β-lactam (4-membered cyclic amide) rings is 1. The molecule has 2 N–H and O–H groups in total. The first-order valence-electron chi connectivity index (χ1n) is 29.0. The smallest absolute Gasteiger partial charge is 0.352 e. The van der Waals surface area contributed by atoms with Gasteiger partial charge in [-0.3, -0.25) is 33.6 Å². The first kappa shape index (κ1) is 57.2. The number of allylic oxidation sites excluding steroid dienone is 8. The first-order chi connectivity index (χ1) is 38.2. The second-order valence-corrected chi connectivity index (χ2v) is 23.0. The number of imide groups is 3. The molecule has 9 amide bonds. The lowest BCUT2D eigenvalue weighted by Gasteiger charge is -2.47. The second-order valence-electron chi connectivity index (χ2n) is 23.0. The predicted molar refractivity (Wildman–Crippen MR) is 278 cm³/mol. The maximum absolute atomic E-state index is 12.1. The standard InChI is InChI=1S/C15H19N3O5.C15H18N2O5.C15H19NO4.C13H20O/c19-12-7-8-13(20)18(12)23-14(21)9-17-11-6-4-2-1-3-5-10(11)16-15(17)22;18-12-7-8-13(19)17(12)22-14(20)9-16-11-6-4-2-1-3-5-10(11)15(16)21;17-13-7-8-14(18)16(13)20-15(19)12-9-10-5-3-1-2-4-6-11(10)12;14-13-11-7-8-12(13)10-6-4-2-1-3-5-9(10)11/h1-2,10-11H,3-9H2,(H,16,22);1-2,10-11H,3-9H2;1-2,10-12H,3-9H2;1-2,9-14H,3-8H2/b4*2-1+.